The minimum absolute atomic E-state index is 0.00861. The zero-order valence-electron chi connectivity index (χ0n) is 17.5. The SMILES string of the molecule is CC(=O)OC(C(=O)N1CCC2(CC1)NC(=O)C(Cc1ccccc1)N2)c1ccccc1. The molecule has 2 heterocycles. The Kier molecular flexibility index (Phi) is 6.04. The van der Waals surface area contributed by atoms with E-state index in [1.807, 2.05) is 48.5 Å². The van der Waals surface area contributed by atoms with E-state index in [0.717, 1.165) is 5.56 Å². The molecule has 2 N–H and O–H groups in total. The normalized spacial score (nSPS) is 20.9. The van der Waals surface area contributed by atoms with Gasteiger partial charge in [-0.15, -0.1) is 0 Å². The molecule has 2 aromatic rings. The lowest BCUT2D eigenvalue weighted by Crippen LogP contribution is -2.58. The molecular weight excluding hydrogens is 394 g/mol. The van der Waals surface area contributed by atoms with Gasteiger partial charge >= 0.3 is 5.97 Å². The van der Waals surface area contributed by atoms with E-state index in [1.165, 1.54) is 6.92 Å². The van der Waals surface area contributed by atoms with Gasteiger partial charge in [-0.2, -0.15) is 0 Å². The molecule has 7 nitrogen and oxygen atoms in total. The number of likely N-dealkylation sites (tertiary alicyclic amines) is 1. The fourth-order valence-electron chi connectivity index (χ4n) is 4.35. The van der Waals surface area contributed by atoms with Crippen LogP contribution in [0.4, 0.5) is 0 Å². The summed E-state index contributed by atoms with van der Waals surface area (Å²) in [7, 11) is 0. The molecule has 2 amide bonds. The number of benzene rings is 2. The fourth-order valence-corrected chi connectivity index (χ4v) is 4.35. The Morgan fingerprint density at radius 1 is 1.06 bits per heavy atom. The van der Waals surface area contributed by atoms with E-state index in [1.54, 1.807) is 17.0 Å². The largest absolute Gasteiger partial charge is 0.447 e. The van der Waals surface area contributed by atoms with Crippen molar-refractivity contribution in [2.75, 3.05) is 13.1 Å². The summed E-state index contributed by atoms with van der Waals surface area (Å²) in [4.78, 5) is 39.0. The number of nitrogens with one attached hydrogen (secondary N) is 2. The van der Waals surface area contributed by atoms with Crippen molar-refractivity contribution in [1.82, 2.24) is 15.5 Å². The molecule has 0 saturated carbocycles. The van der Waals surface area contributed by atoms with Crippen LogP contribution in [-0.2, 0) is 25.5 Å². The number of carbonyl (C=O) groups is 3. The molecule has 31 heavy (non-hydrogen) atoms. The van der Waals surface area contributed by atoms with Crippen LogP contribution in [0.25, 0.3) is 0 Å². The minimum Gasteiger partial charge on any atom is -0.447 e. The van der Waals surface area contributed by atoms with Gasteiger partial charge in [0, 0.05) is 38.4 Å². The number of amides is 2. The highest BCUT2D eigenvalue weighted by atomic mass is 16.5. The third kappa shape index (κ3) is 4.77. The molecule has 0 bridgehead atoms. The molecule has 2 saturated heterocycles. The standard InChI is InChI=1S/C24H27N3O4/c1-17(28)31-21(19-10-6-3-7-11-19)23(30)27-14-12-24(13-15-27)25-20(22(29)26-24)16-18-8-4-2-5-9-18/h2-11,20-21,25H,12-16H2,1H3,(H,26,29). The average Bonchev–Trinajstić information content (AvgIpc) is 3.07. The average molecular weight is 421 g/mol. The van der Waals surface area contributed by atoms with Crippen molar-refractivity contribution in [2.45, 2.75) is 44.0 Å². The third-order valence-corrected chi connectivity index (χ3v) is 5.95. The van der Waals surface area contributed by atoms with Crippen LogP contribution in [-0.4, -0.2) is 47.5 Å². The highest BCUT2D eigenvalue weighted by Crippen LogP contribution is 2.28. The van der Waals surface area contributed by atoms with Crippen LogP contribution in [0.15, 0.2) is 60.7 Å². The van der Waals surface area contributed by atoms with E-state index in [2.05, 4.69) is 10.6 Å². The van der Waals surface area contributed by atoms with Crippen molar-refractivity contribution >= 4 is 17.8 Å². The van der Waals surface area contributed by atoms with Crippen molar-refractivity contribution in [3.63, 3.8) is 0 Å². The summed E-state index contributed by atoms with van der Waals surface area (Å²) in [5, 5.41) is 6.59. The highest BCUT2D eigenvalue weighted by Gasteiger charge is 2.46. The van der Waals surface area contributed by atoms with Gasteiger partial charge < -0.3 is 15.0 Å². The lowest BCUT2D eigenvalue weighted by atomic mass is 9.96. The number of nitrogens with zero attached hydrogens (tertiary/aromatic N) is 1. The summed E-state index contributed by atoms with van der Waals surface area (Å²) in [5.41, 5.74) is 1.25. The molecule has 162 valence electrons. The Bertz CT molecular complexity index is 940. The smallest absolute Gasteiger partial charge is 0.303 e. The van der Waals surface area contributed by atoms with E-state index >= 15 is 0 Å². The second-order valence-electron chi connectivity index (χ2n) is 8.18. The molecule has 2 aromatic carbocycles. The number of hydrogen-bond donors (Lipinski definition) is 2. The van der Waals surface area contributed by atoms with Crippen LogP contribution < -0.4 is 10.6 Å². The molecule has 2 aliphatic heterocycles. The molecule has 1 spiro atoms. The summed E-state index contributed by atoms with van der Waals surface area (Å²) in [6.45, 7) is 2.24. The Morgan fingerprint density at radius 2 is 1.68 bits per heavy atom. The van der Waals surface area contributed by atoms with Crippen molar-refractivity contribution in [2.24, 2.45) is 0 Å². The number of esters is 1. The highest BCUT2D eigenvalue weighted by molar-refractivity contribution is 5.86. The zero-order valence-corrected chi connectivity index (χ0v) is 17.5. The maximum Gasteiger partial charge on any atom is 0.303 e. The van der Waals surface area contributed by atoms with Crippen LogP contribution in [0.3, 0.4) is 0 Å². The summed E-state index contributed by atoms with van der Waals surface area (Å²) in [6, 6.07) is 18.7. The van der Waals surface area contributed by atoms with Gasteiger partial charge in [0.25, 0.3) is 5.91 Å². The molecule has 2 unspecified atom stereocenters. The number of piperidine rings is 1. The Hall–Kier alpha value is -3.19. The van der Waals surface area contributed by atoms with Gasteiger partial charge in [-0.25, -0.2) is 0 Å². The predicted molar refractivity (Wildman–Crippen MR) is 115 cm³/mol. The number of rotatable bonds is 5. The summed E-state index contributed by atoms with van der Waals surface area (Å²) >= 11 is 0. The van der Waals surface area contributed by atoms with E-state index in [4.69, 9.17) is 4.74 Å². The molecule has 2 atom stereocenters. The Balaban J connectivity index is 1.40. The summed E-state index contributed by atoms with van der Waals surface area (Å²) in [6.07, 6.45) is 0.860. The maximum absolute atomic E-state index is 13.1. The molecule has 0 aliphatic carbocycles. The second kappa shape index (κ2) is 8.89. The van der Waals surface area contributed by atoms with E-state index in [9.17, 15) is 14.4 Å². The van der Waals surface area contributed by atoms with Crippen molar-refractivity contribution in [1.29, 1.82) is 0 Å². The Labute approximate surface area is 181 Å². The lowest BCUT2D eigenvalue weighted by molar-refractivity contribution is -0.160. The summed E-state index contributed by atoms with van der Waals surface area (Å²) in [5.74, 6) is -0.740. The summed E-state index contributed by atoms with van der Waals surface area (Å²) < 4.78 is 5.35. The van der Waals surface area contributed by atoms with E-state index in [-0.39, 0.29) is 17.9 Å². The first-order chi connectivity index (χ1) is 15.0. The van der Waals surface area contributed by atoms with Gasteiger partial charge in [0.15, 0.2) is 0 Å². The number of ether oxygens (including phenoxy) is 1. The zero-order chi connectivity index (χ0) is 21.8. The van der Waals surface area contributed by atoms with Crippen LogP contribution in [0.5, 0.6) is 0 Å². The van der Waals surface area contributed by atoms with E-state index < -0.39 is 17.7 Å². The quantitative estimate of drug-likeness (QED) is 0.721. The van der Waals surface area contributed by atoms with Crippen LogP contribution in [0, 0.1) is 0 Å². The molecule has 2 fully saturated rings. The van der Waals surface area contributed by atoms with Gasteiger partial charge in [-0.1, -0.05) is 60.7 Å². The second-order valence-corrected chi connectivity index (χ2v) is 8.18. The first kappa shape index (κ1) is 21.1. The van der Waals surface area contributed by atoms with Crippen molar-refractivity contribution in [3.05, 3.63) is 71.8 Å². The first-order valence-electron chi connectivity index (χ1n) is 10.6. The monoisotopic (exact) mass is 421 g/mol. The van der Waals surface area contributed by atoms with Crippen LogP contribution in [0.1, 0.15) is 37.0 Å². The van der Waals surface area contributed by atoms with Crippen LogP contribution >= 0.6 is 0 Å². The predicted octanol–water partition coefficient (Wildman–Crippen LogP) is 1.94. The van der Waals surface area contributed by atoms with Crippen molar-refractivity contribution < 1.29 is 19.1 Å². The molecule has 7 heteroatoms. The topological polar surface area (TPSA) is 87.7 Å². The lowest BCUT2D eigenvalue weighted by Gasteiger charge is -2.40. The first-order valence-corrected chi connectivity index (χ1v) is 10.6. The molecule has 4 rings (SSSR count). The van der Waals surface area contributed by atoms with Crippen LogP contribution in [0.2, 0.25) is 0 Å². The molecule has 2 aliphatic rings. The van der Waals surface area contributed by atoms with Crippen molar-refractivity contribution in [3.8, 4) is 0 Å². The molecule has 0 aromatic heterocycles. The van der Waals surface area contributed by atoms with E-state index in [0.29, 0.717) is 37.9 Å². The van der Waals surface area contributed by atoms with Gasteiger partial charge in [0.05, 0.1) is 11.7 Å². The van der Waals surface area contributed by atoms with Gasteiger partial charge in [-0.3, -0.25) is 19.7 Å². The third-order valence-electron chi connectivity index (χ3n) is 5.95. The van der Waals surface area contributed by atoms with Gasteiger partial charge in [-0.05, 0) is 12.0 Å². The van der Waals surface area contributed by atoms with Gasteiger partial charge in [0.2, 0.25) is 12.0 Å². The molecular formula is C24H27N3O4. The number of hydrogen-bond acceptors (Lipinski definition) is 5. The number of carbonyl (C=O) groups excluding carboxylic acids is 3. The molecule has 0 radical (unpaired) electrons. The minimum atomic E-state index is -0.954. The fraction of sp³-hybridized carbons (Fsp3) is 0.375. The Morgan fingerprint density at radius 3 is 2.29 bits per heavy atom. The maximum atomic E-state index is 13.1. The van der Waals surface area contributed by atoms with Gasteiger partial charge in [0.1, 0.15) is 0 Å².